The summed E-state index contributed by atoms with van der Waals surface area (Å²) in [6.07, 6.45) is 2.32. The van der Waals surface area contributed by atoms with Crippen molar-refractivity contribution in [3.63, 3.8) is 0 Å². The van der Waals surface area contributed by atoms with Crippen LogP contribution in [0, 0.1) is 0 Å². The lowest BCUT2D eigenvalue weighted by molar-refractivity contribution is -0.923. The molecular formula is C14H24NOS+. The Hall–Kier alpha value is -0.510. The Balaban J connectivity index is 2.57. The van der Waals surface area contributed by atoms with Crippen molar-refractivity contribution in [2.45, 2.75) is 19.4 Å². The standard InChI is InChI=1S/C14H23NOS/c1-15(10-11-16,9-5-6-12-17)13-14-7-3-2-4-8-14/h2-4,7-8,16H,5-6,9-13H2,1H3/p+1. The third-order valence-electron chi connectivity index (χ3n) is 3.15. The fourth-order valence-corrected chi connectivity index (χ4v) is 2.36. The Bertz CT molecular complexity index is 304. The van der Waals surface area contributed by atoms with Gasteiger partial charge in [0.25, 0.3) is 0 Å². The minimum atomic E-state index is 0.254. The normalized spacial score (nSPS) is 14.5. The molecule has 2 nitrogen and oxygen atoms in total. The number of likely N-dealkylation sites (N-methyl/N-ethyl adjacent to an activating group) is 1. The molecule has 0 aliphatic carbocycles. The summed E-state index contributed by atoms with van der Waals surface area (Å²) in [5.74, 6) is 0.949. The lowest BCUT2D eigenvalue weighted by atomic mass is 10.1. The van der Waals surface area contributed by atoms with Gasteiger partial charge in [0.15, 0.2) is 0 Å². The molecule has 0 saturated carbocycles. The fraction of sp³-hybridized carbons (Fsp3) is 0.571. The van der Waals surface area contributed by atoms with Crippen molar-refractivity contribution in [2.75, 3.05) is 32.5 Å². The summed E-state index contributed by atoms with van der Waals surface area (Å²) < 4.78 is 0.911. The summed E-state index contributed by atoms with van der Waals surface area (Å²) in [4.78, 5) is 0. The van der Waals surface area contributed by atoms with E-state index in [1.165, 1.54) is 12.0 Å². The summed E-state index contributed by atoms with van der Waals surface area (Å²) in [6, 6.07) is 10.5. The van der Waals surface area contributed by atoms with Crippen LogP contribution in [0.15, 0.2) is 30.3 Å². The van der Waals surface area contributed by atoms with E-state index in [0.717, 1.165) is 36.3 Å². The number of quaternary nitrogens is 1. The topological polar surface area (TPSA) is 20.2 Å². The highest BCUT2D eigenvalue weighted by Crippen LogP contribution is 2.13. The van der Waals surface area contributed by atoms with E-state index in [2.05, 4.69) is 43.9 Å². The van der Waals surface area contributed by atoms with Crippen LogP contribution < -0.4 is 0 Å². The van der Waals surface area contributed by atoms with Gasteiger partial charge in [-0.05, 0) is 18.6 Å². The molecule has 1 rings (SSSR count). The van der Waals surface area contributed by atoms with E-state index < -0.39 is 0 Å². The zero-order valence-corrected chi connectivity index (χ0v) is 11.6. The molecule has 0 radical (unpaired) electrons. The Kier molecular flexibility index (Phi) is 6.63. The number of thiol groups is 1. The minimum absolute atomic E-state index is 0.254. The predicted molar refractivity (Wildman–Crippen MR) is 76.2 cm³/mol. The van der Waals surface area contributed by atoms with E-state index in [0.29, 0.717) is 0 Å². The molecule has 0 heterocycles. The lowest BCUT2D eigenvalue weighted by Gasteiger charge is -2.34. The van der Waals surface area contributed by atoms with Crippen molar-refractivity contribution in [2.24, 2.45) is 0 Å². The monoisotopic (exact) mass is 254 g/mol. The van der Waals surface area contributed by atoms with Crippen LogP contribution in [-0.2, 0) is 6.54 Å². The van der Waals surface area contributed by atoms with Crippen molar-refractivity contribution < 1.29 is 9.59 Å². The van der Waals surface area contributed by atoms with Crippen molar-refractivity contribution in [3.8, 4) is 0 Å². The van der Waals surface area contributed by atoms with Gasteiger partial charge in [-0.1, -0.05) is 30.3 Å². The van der Waals surface area contributed by atoms with Gasteiger partial charge in [-0.3, -0.25) is 0 Å². The number of aliphatic hydroxyl groups is 1. The Morgan fingerprint density at radius 3 is 2.41 bits per heavy atom. The molecule has 96 valence electrons. The van der Waals surface area contributed by atoms with Crippen LogP contribution in [0.1, 0.15) is 18.4 Å². The van der Waals surface area contributed by atoms with Crippen LogP contribution >= 0.6 is 12.6 Å². The summed E-state index contributed by atoms with van der Waals surface area (Å²) in [7, 11) is 2.22. The number of benzene rings is 1. The first-order valence-electron chi connectivity index (χ1n) is 6.29. The van der Waals surface area contributed by atoms with Gasteiger partial charge in [0.1, 0.15) is 13.1 Å². The quantitative estimate of drug-likeness (QED) is 0.414. The highest BCUT2D eigenvalue weighted by molar-refractivity contribution is 7.80. The van der Waals surface area contributed by atoms with Crippen molar-refractivity contribution in [3.05, 3.63) is 35.9 Å². The molecule has 0 aliphatic rings. The average molecular weight is 254 g/mol. The summed E-state index contributed by atoms with van der Waals surface area (Å²) in [5, 5.41) is 9.21. The molecular weight excluding hydrogens is 230 g/mol. The van der Waals surface area contributed by atoms with Crippen LogP contribution in [0.25, 0.3) is 0 Å². The van der Waals surface area contributed by atoms with Crippen LogP contribution in [0.4, 0.5) is 0 Å². The number of hydrogen-bond donors (Lipinski definition) is 2. The first kappa shape index (κ1) is 14.6. The molecule has 0 amide bonds. The lowest BCUT2D eigenvalue weighted by Crippen LogP contribution is -2.46. The third kappa shape index (κ3) is 5.57. The van der Waals surface area contributed by atoms with Gasteiger partial charge in [0.2, 0.25) is 0 Å². The van der Waals surface area contributed by atoms with Gasteiger partial charge in [-0.15, -0.1) is 0 Å². The summed E-state index contributed by atoms with van der Waals surface area (Å²) in [6.45, 7) is 3.18. The smallest absolute Gasteiger partial charge is 0.104 e. The molecule has 0 aliphatic heterocycles. The minimum Gasteiger partial charge on any atom is -0.391 e. The van der Waals surface area contributed by atoms with E-state index in [-0.39, 0.29) is 6.61 Å². The van der Waals surface area contributed by atoms with Crippen LogP contribution in [0.2, 0.25) is 0 Å². The molecule has 1 aromatic carbocycles. The van der Waals surface area contributed by atoms with Crippen molar-refractivity contribution in [1.29, 1.82) is 0 Å². The van der Waals surface area contributed by atoms with Crippen LogP contribution in [-0.4, -0.2) is 42.1 Å². The zero-order valence-electron chi connectivity index (χ0n) is 10.7. The van der Waals surface area contributed by atoms with Crippen molar-refractivity contribution >= 4 is 12.6 Å². The van der Waals surface area contributed by atoms with E-state index in [4.69, 9.17) is 0 Å². The predicted octanol–water partition coefficient (Wildman–Crippen LogP) is 2.34. The molecule has 3 heteroatoms. The highest BCUT2D eigenvalue weighted by atomic mass is 32.1. The summed E-state index contributed by atoms with van der Waals surface area (Å²) in [5.41, 5.74) is 1.34. The number of nitrogens with zero attached hydrogens (tertiary/aromatic N) is 1. The van der Waals surface area contributed by atoms with E-state index in [1.807, 2.05) is 6.07 Å². The molecule has 1 unspecified atom stereocenters. The number of aliphatic hydroxyl groups excluding tert-OH is 1. The Morgan fingerprint density at radius 1 is 1.12 bits per heavy atom. The zero-order chi connectivity index (χ0) is 12.6. The van der Waals surface area contributed by atoms with Gasteiger partial charge < -0.3 is 9.59 Å². The highest BCUT2D eigenvalue weighted by Gasteiger charge is 2.20. The number of unbranched alkanes of at least 4 members (excludes halogenated alkanes) is 1. The van der Waals surface area contributed by atoms with Gasteiger partial charge >= 0.3 is 0 Å². The van der Waals surface area contributed by atoms with Crippen LogP contribution in [0.3, 0.4) is 0 Å². The maximum atomic E-state index is 9.21. The third-order valence-corrected chi connectivity index (χ3v) is 3.47. The first-order valence-corrected chi connectivity index (χ1v) is 6.93. The van der Waals surface area contributed by atoms with Gasteiger partial charge in [-0.25, -0.2) is 0 Å². The number of hydrogen-bond acceptors (Lipinski definition) is 2. The fourth-order valence-electron chi connectivity index (χ4n) is 2.14. The van der Waals surface area contributed by atoms with Crippen molar-refractivity contribution in [1.82, 2.24) is 0 Å². The summed E-state index contributed by atoms with van der Waals surface area (Å²) >= 11 is 4.25. The second-order valence-corrected chi connectivity index (χ2v) is 5.31. The maximum Gasteiger partial charge on any atom is 0.104 e. The van der Waals surface area contributed by atoms with Gasteiger partial charge in [0.05, 0.1) is 20.2 Å². The largest absolute Gasteiger partial charge is 0.391 e. The van der Waals surface area contributed by atoms with E-state index in [9.17, 15) is 5.11 Å². The molecule has 1 N–H and O–H groups in total. The molecule has 1 aromatic rings. The molecule has 1 atom stereocenters. The SMILES string of the molecule is C[N+](CCO)(CCCCS)Cc1ccccc1. The second-order valence-electron chi connectivity index (χ2n) is 4.86. The first-order chi connectivity index (χ1) is 8.20. The Morgan fingerprint density at radius 2 is 1.82 bits per heavy atom. The average Bonchev–Trinajstić information content (AvgIpc) is 2.31. The van der Waals surface area contributed by atoms with Crippen LogP contribution in [0.5, 0.6) is 0 Å². The Labute approximate surface area is 110 Å². The molecule has 0 aromatic heterocycles. The molecule has 0 spiro atoms. The second kappa shape index (κ2) is 7.75. The molecule has 17 heavy (non-hydrogen) atoms. The van der Waals surface area contributed by atoms with E-state index >= 15 is 0 Å². The molecule has 0 bridgehead atoms. The molecule has 0 saturated heterocycles. The van der Waals surface area contributed by atoms with E-state index in [1.54, 1.807) is 0 Å². The maximum absolute atomic E-state index is 9.21. The van der Waals surface area contributed by atoms with Gasteiger partial charge in [-0.2, -0.15) is 12.6 Å². The number of rotatable bonds is 8. The molecule has 0 fully saturated rings. The van der Waals surface area contributed by atoms with Gasteiger partial charge in [0, 0.05) is 5.56 Å².